The smallest absolute Gasteiger partial charge is 0.0434 e. The molecule has 1 atom stereocenters. The van der Waals surface area contributed by atoms with Crippen LogP contribution in [0.15, 0.2) is 0 Å². The molecule has 0 radical (unpaired) electrons. The highest BCUT2D eigenvalue weighted by molar-refractivity contribution is 4.62. The van der Waals surface area contributed by atoms with Crippen molar-refractivity contribution in [2.24, 2.45) is 11.8 Å². The molecule has 0 rings (SSSR count). The van der Waals surface area contributed by atoms with Crippen LogP contribution in [-0.4, -0.2) is 24.8 Å². The predicted molar refractivity (Wildman–Crippen MR) is 62.4 cm³/mol. The van der Waals surface area contributed by atoms with Crippen LogP contribution in [0.2, 0.25) is 0 Å². The molecule has 1 unspecified atom stereocenters. The molecule has 0 amide bonds. The molecule has 0 aromatic rings. The molecule has 0 fully saturated rings. The van der Waals surface area contributed by atoms with E-state index in [-0.39, 0.29) is 0 Å². The normalized spacial score (nSPS) is 13.5. The van der Waals surface area contributed by atoms with E-state index in [9.17, 15) is 0 Å². The maximum atomic E-state index is 8.88. The molecule has 0 spiro atoms. The number of aliphatic hydroxyl groups excluding tert-OH is 1. The Kier molecular flexibility index (Phi) is 9.42. The summed E-state index contributed by atoms with van der Waals surface area (Å²) in [6.45, 7) is 9.22. The molecule has 2 nitrogen and oxygen atoms in total. The fraction of sp³-hybridized carbons (Fsp3) is 1.00. The van der Waals surface area contributed by atoms with Gasteiger partial charge in [-0.1, -0.05) is 27.2 Å². The summed E-state index contributed by atoms with van der Waals surface area (Å²) in [6, 6.07) is 0. The summed E-state index contributed by atoms with van der Waals surface area (Å²) in [4.78, 5) is 0. The van der Waals surface area contributed by atoms with E-state index >= 15 is 0 Å². The molecular formula is C12H27NO. The highest BCUT2D eigenvalue weighted by Gasteiger charge is 2.06. The highest BCUT2D eigenvalue weighted by Crippen LogP contribution is 2.09. The van der Waals surface area contributed by atoms with Gasteiger partial charge in [0.2, 0.25) is 0 Å². The van der Waals surface area contributed by atoms with Gasteiger partial charge in [0.1, 0.15) is 0 Å². The third-order valence-corrected chi connectivity index (χ3v) is 2.57. The number of rotatable bonds is 9. The molecular weight excluding hydrogens is 174 g/mol. The first-order valence-electron chi connectivity index (χ1n) is 6.02. The second-order valence-corrected chi connectivity index (χ2v) is 4.55. The zero-order valence-electron chi connectivity index (χ0n) is 10.1. The average Bonchev–Trinajstić information content (AvgIpc) is 2.12. The zero-order valence-corrected chi connectivity index (χ0v) is 10.1. The first kappa shape index (κ1) is 13.9. The molecule has 14 heavy (non-hydrogen) atoms. The Morgan fingerprint density at radius 3 is 2.36 bits per heavy atom. The van der Waals surface area contributed by atoms with Crippen molar-refractivity contribution < 1.29 is 5.11 Å². The van der Waals surface area contributed by atoms with Crippen LogP contribution < -0.4 is 5.32 Å². The standard InChI is InChI=1S/C12H27NO/c1-4-5-12(7-9-14)10-13-8-6-11(2)3/h11-14H,4-10H2,1-3H3. The van der Waals surface area contributed by atoms with Crippen LogP contribution in [0.1, 0.15) is 46.5 Å². The first-order valence-corrected chi connectivity index (χ1v) is 6.02. The summed E-state index contributed by atoms with van der Waals surface area (Å²) < 4.78 is 0. The van der Waals surface area contributed by atoms with E-state index in [0.29, 0.717) is 12.5 Å². The van der Waals surface area contributed by atoms with Crippen LogP contribution in [0.3, 0.4) is 0 Å². The van der Waals surface area contributed by atoms with Gasteiger partial charge in [-0.15, -0.1) is 0 Å². The molecule has 0 aliphatic heterocycles. The fourth-order valence-corrected chi connectivity index (χ4v) is 1.64. The lowest BCUT2D eigenvalue weighted by Gasteiger charge is -2.16. The SMILES string of the molecule is CCCC(CCO)CNCCC(C)C. The first-order chi connectivity index (χ1) is 6.70. The quantitative estimate of drug-likeness (QED) is 0.562. The van der Waals surface area contributed by atoms with Gasteiger partial charge < -0.3 is 10.4 Å². The van der Waals surface area contributed by atoms with Crippen molar-refractivity contribution >= 4 is 0 Å². The van der Waals surface area contributed by atoms with Gasteiger partial charge in [0.25, 0.3) is 0 Å². The topological polar surface area (TPSA) is 32.3 Å². The summed E-state index contributed by atoms with van der Waals surface area (Å²) >= 11 is 0. The molecule has 0 aliphatic rings. The van der Waals surface area contributed by atoms with Crippen molar-refractivity contribution in [2.45, 2.75) is 46.5 Å². The van der Waals surface area contributed by atoms with Gasteiger partial charge in [-0.25, -0.2) is 0 Å². The molecule has 0 saturated heterocycles. The van der Waals surface area contributed by atoms with Crippen molar-refractivity contribution in [1.29, 1.82) is 0 Å². The second kappa shape index (κ2) is 9.47. The molecule has 0 bridgehead atoms. The number of hydrogen-bond donors (Lipinski definition) is 2. The molecule has 0 heterocycles. The van der Waals surface area contributed by atoms with E-state index in [0.717, 1.165) is 25.4 Å². The predicted octanol–water partition coefficient (Wildman–Crippen LogP) is 2.42. The van der Waals surface area contributed by atoms with Crippen LogP contribution in [0, 0.1) is 11.8 Å². The van der Waals surface area contributed by atoms with Crippen LogP contribution in [0.5, 0.6) is 0 Å². The Hall–Kier alpha value is -0.0800. The lowest BCUT2D eigenvalue weighted by atomic mass is 10.00. The molecule has 0 aliphatic carbocycles. The minimum atomic E-state index is 0.330. The van der Waals surface area contributed by atoms with E-state index in [2.05, 4.69) is 26.1 Å². The lowest BCUT2D eigenvalue weighted by molar-refractivity contribution is 0.247. The van der Waals surface area contributed by atoms with Gasteiger partial charge in [0.05, 0.1) is 0 Å². The van der Waals surface area contributed by atoms with Gasteiger partial charge in [-0.3, -0.25) is 0 Å². The van der Waals surface area contributed by atoms with Gasteiger partial charge in [0.15, 0.2) is 0 Å². The Morgan fingerprint density at radius 2 is 1.86 bits per heavy atom. The van der Waals surface area contributed by atoms with Crippen molar-refractivity contribution in [1.82, 2.24) is 5.32 Å². The van der Waals surface area contributed by atoms with Gasteiger partial charge >= 0.3 is 0 Å². The maximum Gasteiger partial charge on any atom is 0.0434 e. The summed E-state index contributed by atoms with van der Waals surface area (Å²) in [5.74, 6) is 1.45. The Balaban J connectivity index is 3.40. The average molecular weight is 201 g/mol. The minimum absolute atomic E-state index is 0.330. The molecule has 0 aromatic carbocycles. The van der Waals surface area contributed by atoms with Crippen LogP contribution in [0.25, 0.3) is 0 Å². The largest absolute Gasteiger partial charge is 0.396 e. The Bertz CT molecular complexity index is 109. The monoisotopic (exact) mass is 201 g/mol. The molecule has 0 saturated carbocycles. The van der Waals surface area contributed by atoms with E-state index < -0.39 is 0 Å². The van der Waals surface area contributed by atoms with Crippen LogP contribution in [0.4, 0.5) is 0 Å². The molecule has 0 aromatic heterocycles. The number of nitrogens with one attached hydrogen (secondary N) is 1. The van der Waals surface area contributed by atoms with E-state index in [4.69, 9.17) is 5.11 Å². The van der Waals surface area contributed by atoms with Gasteiger partial charge in [-0.05, 0) is 44.2 Å². The third kappa shape index (κ3) is 8.52. The molecule has 86 valence electrons. The summed E-state index contributed by atoms with van der Waals surface area (Å²) in [5.41, 5.74) is 0. The maximum absolute atomic E-state index is 8.88. The van der Waals surface area contributed by atoms with Crippen LogP contribution in [-0.2, 0) is 0 Å². The molecule has 2 N–H and O–H groups in total. The van der Waals surface area contributed by atoms with Crippen LogP contribution >= 0.6 is 0 Å². The van der Waals surface area contributed by atoms with E-state index in [1.165, 1.54) is 19.3 Å². The summed E-state index contributed by atoms with van der Waals surface area (Å²) in [5, 5.41) is 12.4. The summed E-state index contributed by atoms with van der Waals surface area (Å²) in [7, 11) is 0. The fourth-order valence-electron chi connectivity index (χ4n) is 1.64. The molecule has 2 heteroatoms. The minimum Gasteiger partial charge on any atom is -0.396 e. The Labute approximate surface area is 89.1 Å². The van der Waals surface area contributed by atoms with Crippen molar-refractivity contribution in [3.8, 4) is 0 Å². The van der Waals surface area contributed by atoms with Crippen molar-refractivity contribution in [2.75, 3.05) is 19.7 Å². The number of hydrogen-bond acceptors (Lipinski definition) is 2. The number of aliphatic hydroxyl groups is 1. The van der Waals surface area contributed by atoms with E-state index in [1.807, 2.05) is 0 Å². The Morgan fingerprint density at radius 1 is 1.14 bits per heavy atom. The zero-order chi connectivity index (χ0) is 10.8. The highest BCUT2D eigenvalue weighted by atomic mass is 16.3. The second-order valence-electron chi connectivity index (χ2n) is 4.55. The van der Waals surface area contributed by atoms with Gasteiger partial charge in [0, 0.05) is 6.61 Å². The van der Waals surface area contributed by atoms with E-state index in [1.54, 1.807) is 0 Å². The van der Waals surface area contributed by atoms with Crippen molar-refractivity contribution in [3.63, 3.8) is 0 Å². The van der Waals surface area contributed by atoms with Gasteiger partial charge in [-0.2, -0.15) is 0 Å². The lowest BCUT2D eigenvalue weighted by Crippen LogP contribution is -2.25. The summed E-state index contributed by atoms with van der Waals surface area (Å²) in [6.07, 6.45) is 4.65. The third-order valence-electron chi connectivity index (χ3n) is 2.57. The van der Waals surface area contributed by atoms with Crippen molar-refractivity contribution in [3.05, 3.63) is 0 Å².